The van der Waals surface area contributed by atoms with E-state index in [2.05, 4.69) is 20.8 Å². The zero-order chi connectivity index (χ0) is 7.98. The lowest BCUT2D eigenvalue weighted by atomic mass is 10.1. The van der Waals surface area contributed by atoms with Crippen LogP contribution in [0.2, 0.25) is 0 Å². The van der Waals surface area contributed by atoms with E-state index in [0.717, 1.165) is 19.1 Å². The van der Waals surface area contributed by atoms with E-state index in [-0.39, 0.29) is 0 Å². The van der Waals surface area contributed by atoms with Crippen LogP contribution < -0.4 is 0 Å². The van der Waals surface area contributed by atoms with Crippen molar-refractivity contribution in [3.8, 4) is 0 Å². The van der Waals surface area contributed by atoms with Gasteiger partial charge in [0, 0.05) is 6.42 Å². The number of allylic oxidation sites excluding steroid dienone is 2. The van der Waals surface area contributed by atoms with Crippen molar-refractivity contribution >= 4 is 6.29 Å². The van der Waals surface area contributed by atoms with Crippen LogP contribution in [0.1, 0.15) is 40.0 Å². The number of hydrogen-bond acceptors (Lipinski definition) is 1. The number of carbonyl (C=O) groups excluding carboxylic acids is 1. The second-order valence-electron chi connectivity index (χ2n) is 2.84. The Morgan fingerprint density at radius 3 is 2.30 bits per heavy atom. The molecule has 0 aromatic heterocycles. The minimum absolute atomic E-state index is 0.699. The molecule has 0 fully saturated rings. The van der Waals surface area contributed by atoms with Gasteiger partial charge in [0.05, 0.1) is 0 Å². The molecule has 10 heavy (non-hydrogen) atoms. The molecule has 1 heteroatoms. The molecular formula is C9H16O. The van der Waals surface area contributed by atoms with Gasteiger partial charge < -0.3 is 4.79 Å². The molecule has 1 nitrogen and oxygen atoms in total. The lowest BCUT2D eigenvalue weighted by molar-refractivity contribution is -0.107. The number of hydrogen-bond donors (Lipinski definition) is 0. The Morgan fingerprint density at radius 1 is 1.30 bits per heavy atom. The minimum Gasteiger partial charge on any atom is -0.303 e. The van der Waals surface area contributed by atoms with Crippen molar-refractivity contribution < 1.29 is 4.79 Å². The molecule has 0 aromatic rings. The van der Waals surface area contributed by atoms with Gasteiger partial charge in [-0.25, -0.2) is 0 Å². The summed E-state index contributed by atoms with van der Waals surface area (Å²) in [4.78, 5) is 9.94. The third-order valence-electron chi connectivity index (χ3n) is 1.73. The summed E-state index contributed by atoms with van der Waals surface area (Å²) < 4.78 is 0. The molecule has 0 aromatic carbocycles. The lowest BCUT2D eigenvalue weighted by Crippen LogP contribution is -1.82. The number of rotatable bonds is 4. The van der Waals surface area contributed by atoms with E-state index in [1.54, 1.807) is 0 Å². The summed E-state index contributed by atoms with van der Waals surface area (Å²) >= 11 is 0. The highest BCUT2D eigenvalue weighted by molar-refractivity contribution is 5.49. The zero-order valence-electron chi connectivity index (χ0n) is 7.11. The summed E-state index contributed by atoms with van der Waals surface area (Å²) in [6.45, 7) is 6.34. The molecule has 0 spiro atoms. The fourth-order valence-electron chi connectivity index (χ4n) is 0.701. The molecule has 0 saturated heterocycles. The molecule has 0 aliphatic heterocycles. The number of carbonyl (C=O) groups is 1. The van der Waals surface area contributed by atoms with Crippen LogP contribution in [0.25, 0.3) is 0 Å². The molecule has 0 bridgehead atoms. The van der Waals surface area contributed by atoms with Crippen LogP contribution in [-0.2, 0) is 4.79 Å². The highest BCUT2D eigenvalue weighted by Crippen LogP contribution is 2.09. The quantitative estimate of drug-likeness (QED) is 0.333. The SMILES string of the molecule is CC(C)=C(C)CCCC=O. The van der Waals surface area contributed by atoms with E-state index in [9.17, 15) is 4.79 Å². The standard InChI is InChI=1S/C9H16O/c1-8(2)9(3)6-4-5-7-10/h7H,4-6H2,1-3H3. The molecule has 0 atom stereocenters. The molecule has 0 aliphatic carbocycles. The maximum absolute atomic E-state index is 9.94. The van der Waals surface area contributed by atoms with E-state index in [4.69, 9.17) is 0 Å². The van der Waals surface area contributed by atoms with Gasteiger partial charge in [-0.15, -0.1) is 0 Å². The van der Waals surface area contributed by atoms with Gasteiger partial charge in [-0.3, -0.25) is 0 Å². The van der Waals surface area contributed by atoms with E-state index in [0.29, 0.717) is 6.42 Å². The van der Waals surface area contributed by atoms with Gasteiger partial charge in [0.25, 0.3) is 0 Å². The second-order valence-corrected chi connectivity index (χ2v) is 2.84. The zero-order valence-corrected chi connectivity index (χ0v) is 7.11. The van der Waals surface area contributed by atoms with Gasteiger partial charge in [0.1, 0.15) is 6.29 Å². The van der Waals surface area contributed by atoms with Crippen molar-refractivity contribution in [2.24, 2.45) is 0 Å². The lowest BCUT2D eigenvalue weighted by Gasteiger charge is -2.00. The summed E-state index contributed by atoms with van der Waals surface area (Å²) in [7, 11) is 0. The van der Waals surface area contributed by atoms with Crippen molar-refractivity contribution in [1.29, 1.82) is 0 Å². The molecule has 0 amide bonds. The van der Waals surface area contributed by atoms with Crippen LogP contribution in [-0.4, -0.2) is 6.29 Å². The van der Waals surface area contributed by atoms with Gasteiger partial charge in [-0.2, -0.15) is 0 Å². The summed E-state index contributed by atoms with van der Waals surface area (Å²) in [5, 5.41) is 0. The Hall–Kier alpha value is -0.590. The first-order valence-electron chi connectivity index (χ1n) is 3.75. The first-order valence-corrected chi connectivity index (χ1v) is 3.75. The van der Waals surface area contributed by atoms with Gasteiger partial charge in [0.2, 0.25) is 0 Å². The summed E-state index contributed by atoms with van der Waals surface area (Å²) in [6, 6.07) is 0. The van der Waals surface area contributed by atoms with E-state index >= 15 is 0 Å². The predicted octanol–water partition coefficient (Wildman–Crippen LogP) is 2.71. The van der Waals surface area contributed by atoms with Crippen LogP contribution >= 0.6 is 0 Å². The van der Waals surface area contributed by atoms with Crippen LogP contribution in [0.3, 0.4) is 0 Å². The largest absolute Gasteiger partial charge is 0.303 e. The Kier molecular flexibility index (Phi) is 4.91. The second kappa shape index (κ2) is 5.21. The molecule has 0 N–H and O–H groups in total. The Morgan fingerprint density at radius 2 is 1.90 bits per heavy atom. The average molecular weight is 140 g/mol. The molecule has 58 valence electrons. The maximum Gasteiger partial charge on any atom is 0.120 e. The molecule has 0 heterocycles. The van der Waals surface area contributed by atoms with Crippen molar-refractivity contribution in [2.45, 2.75) is 40.0 Å². The van der Waals surface area contributed by atoms with E-state index in [1.165, 1.54) is 11.1 Å². The van der Waals surface area contributed by atoms with Crippen molar-refractivity contribution in [3.63, 3.8) is 0 Å². The predicted molar refractivity (Wildman–Crippen MR) is 44.0 cm³/mol. The third-order valence-corrected chi connectivity index (χ3v) is 1.73. The molecule has 0 rings (SSSR count). The Labute approximate surface area is 63.1 Å². The normalized spacial score (nSPS) is 9.10. The van der Waals surface area contributed by atoms with Gasteiger partial charge in [0.15, 0.2) is 0 Å². The fraction of sp³-hybridized carbons (Fsp3) is 0.667. The maximum atomic E-state index is 9.94. The van der Waals surface area contributed by atoms with Crippen LogP contribution in [0.15, 0.2) is 11.1 Å². The van der Waals surface area contributed by atoms with Gasteiger partial charge >= 0.3 is 0 Å². The number of aldehydes is 1. The van der Waals surface area contributed by atoms with Crippen molar-refractivity contribution in [3.05, 3.63) is 11.1 Å². The molecule has 0 saturated carbocycles. The van der Waals surface area contributed by atoms with Gasteiger partial charge in [-0.1, -0.05) is 11.1 Å². The van der Waals surface area contributed by atoms with Crippen molar-refractivity contribution in [2.75, 3.05) is 0 Å². The van der Waals surface area contributed by atoms with Crippen LogP contribution in [0.4, 0.5) is 0 Å². The number of unbranched alkanes of at least 4 members (excludes halogenated alkanes) is 1. The fourth-order valence-corrected chi connectivity index (χ4v) is 0.701. The van der Waals surface area contributed by atoms with Crippen molar-refractivity contribution in [1.82, 2.24) is 0 Å². The smallest absolute Gasteiger partial charge is 0.120 e. The molecule has 0 aliphatic rings. The average Bonchev–Trinajstić information content (AvgIpc) is 1.88. The highest BCUT2D eigenvalue weighted by atomic mass is 16.1. The molecule has 0 unspecified atom stereocenters. The van der Waals surface area contributed by atoms with E-state index in [1.807, 2.05) is 0 Å². The van der Waals surface area contributed by atoms with E-state index < -0.39 is 0 Å². The summed E-state index contributed by atoms with van der Waals surface area (Å²) in [5.74, 6) is 0. The first kappa shape index (κ1) is 9.41. The molecular weight excluding hydrogens is 124 g/mol. The monoisotopic (exact) mass is 140 g/mol. The first-order chi connectivity index (χ1) is 4.68. The summed E-state index contributed by atoms with van der Waals surface area (Å²) in [5.41, 5.74) is 2.80. The third kappa shape index (κ3) is 4.30. The highest BCUT2D eigenvalue weighted by Gasteiger charge is 1.91. The van der Waals surface area contributed by atoms with Gasteiger partial charge in [-0.05, 0) is 33.6 Å². The summed E-state index contributed by atoms with van der Waals surface area (Å²) in [6.07, 6.45) is 3.75. The minimum atomic E-state index is 0.699. The Balaban J connectivity index is 3.49. The Bertz CT molecular complexity index is 130. The van der Waals surface area contributed by atoms with Crippen LogP contribution in [0.5, 0.6) is 0 Å². The topological polar surface area (TPSA) is 17.1 Å². The van der Waals surface area contributed by atoms with Crippen LogP contribution in [0, 0.1) is 0 Å². The molecule has 0 radical (unpaired) electrons.